The molecule has 162 valence electrons. The van der Waals surface area contributed by atoms with Crippen LogP contribution in [0.1, 0.15) is 38.5 Å². The number of carbonyl (C=O) groups excluding carboxylic acids is 1. The molecule has 3 N–H and O–H groups in total. The summed E-state index contributed by atoms with van der Waals surface area (Å²) in [7, 11) is 1.78. The highest BCUT2D eigenvalue weighted by Gasteiger charge is 2.21. The van der Waals surface area contributed by atoms with Gasteiger partial charge in [-0.05, 0) is 25.0 Å². The van der Waals surface area contributed by atoms with E-state index in [0.717, 1.165) is 50.7 Å². The molecule has 1 aromatic rings. The third-order valence-corrected chi connectivity index (χ3v) is 5.62. The van der Waals surface area contributed by atoms with Crippen molar-refractivity contribution < 1.29 is 9.90 Å². The normalized spacial score (nSPS) is 18.2. The smallest absolute Gasteiger partial charge is 0.221 e. The number of nitrogens with one attached hydrogen (secondary N) is 2. The van der Waals surface area contributed by atoms with Crippen molar-refractivity contribution >= 4 is 41.5 Å². The third-order valence-electron chi connectivity index (χ3n) is 5.62. The number of aromatic hydroxyl groups is 1. The monoisotopic (exact) mass is 515 g/mol. The van der Waals surface area contributed by atoms with Crippen LogP contribution in [0.15, 0.2) is 29.3 Å². The molecule has 1 saturated heterocycles. The van der Waals surface area contributed by atoms with E-state index in [1.165, 1.54) is 19.3 Å². The van der Waals surface area contributed by atoms with E-state index in [9.17, 15) is 9.90 Å². The number of benzene rings is 1. The number of guanidine groups is 1. The fourth-order valence-electron chi connectivity index (χ4n) is 4.06. The van der Waals surface area contributed by atoms with Gasteiger partial charge in [0.1, 0.15) is 5.75 Å². The zero-order valence-electron chi connectivity index (χ0n) is 17.3. The number of piperazine rings is 1. The Bertz CT molecular complexity index is 671. The molecule has 1 aliphatic heterocycles. The number of nitrogens with zero attached hydrogens (tertiary/aromatic N) is 3. The van der Waals surface area contributed by atoms with E-state index in [1.54, 1.807) is 13.1 Å². The van der Waals surface area contributed by atoms with E-state index < -0.39 is 0 Å². The zero-order valence-corrected chi connectivity index (χ0v) is 19.6. The van der Waals surface area contributed by atoms with Crippen LogP contribution in [0.2, 0.25) is 0 Å². The summed E-state index contributed by atoms with van der Waals surface area (Å²) in [5.74, 6) is 1.28. The van der Waals surface area contributed by atoms with Crippen molar-refractivity contribution in [3.63, 3.8) is 0 Å². The summed E-state index contributed by atoms with van der Waals surface area (Å²) in [5.41, 5.74) is 0.879. The predicted octanol–water partition coefficient (Wildman–Crippen LogP) is 2.55. The molecule has 1 aliphatic carbocycles. The molecule has 7 nitrogen and oxygen atoms in total. The highest BCUT2D eigenvalue weighted by Crippen LogP contribution is 2.27. The van der Waals surface area contributed by atoms with Crippen LogP contribution in [-0.4, -0.2) is 67.7 Å². The Morgan fingerprint density at radius 2 is 1.83 bits per heavy atom. The van der Waals surface area contributed by atoms with Gasteiger partial charge in [-0.25, -0.2) is 0 Å². The standard InChI is InChI=1S/C21H33N5O2.HI/c1-22-21(23-12-11-20(28)24-17-7-3-2-4-8-17)26-15-13-25(14-16-26)18-9-5-6-10-19(18)27;/h5-6,9-10,17,27H,2-4,7-8,11-16H2,1H3,(H,22,23)(H,24,28);1H. The Hall–Kier alpha value is -1.71. The number of hydrogen-bond acceptors (Lipinski definition) is 4. The maximum absolute atomic E-state index is 12.2. The van der Waals surface area contributed by atoms with Crippen molar-refractivity contribution in [1.82, 2.24) is 15.5 Å². The molecular formula is C21H34IN5O2. The average molecular weight is 515 g/mol. The third kappa shape index (κ3) is 6.94. The zero-order chi connectivity index (χ0) is 19.8. The summed E-state index contributed by atoms with van der Waals surface area (Å²) >= 11 is 0. The number of anilines is 1. The summed E-state index contributed by atoms with van der Waals surface area (Å²) in [5, 5.41) is 16.5. The minimum Gasteiger partial charge on any atom is -0.506 e. The minimum atomic E-state index is 0. The first-order valence-electron chi connectivity index (χ1n) is 10.5. The van der Waals surface area contributed by atoms with E-state index in [4.69, 9.17) is 0 Å². The Kier molecular flexibility index (Phi) is 9.83. The Morgan fingerprint density at radius 1 is 1.14 bits per heavy atom. The lowest BCUT2D eigenvalue weighted by molar-refractivity contribution is -0.121. The van der Waals surface area contributed by atoms with Crippen molar-refractivity contribution in [2.75, 3.05) is 44.7 Å². The fourth-order valence-corrected chi connectivity index (χ4v) is 4.06. The van der Waals surface area contributed by atoms with Crippen LogP contribution in [0.5, 0.6) is 5.75 Å². The lowest BCUT2D eigenvalue weighted by Crippen LogP contribution is -2.53. The molecule has 3 rings (SSSR count). The van der Waals surface area contributed by atoms with Crippen LogP contribution >= 0.6 is 24.0 Å². The second-order valence-electron chi connectivity index (χ2n) is 7.59. The summed E-state index contributed by atoms with van der Waals surface area (Å²) < 4.78 is 0. The van der Waals surface area contributed by atoms with Crippen LogP contribution < -0.4 is 15.5 Å². The molecule has 1 saturated carbocycles. The second kappa shape index (κ2) is 12.1. The highest BCUT2D eigenvalue weighted by molar-refractivity contribution is 14.0. The maximum Gasteiger partial charge on any atom is 0.221 e. The van der Waals surface area contributed by atoms with Crippen LogP contribution in [0.4, 0.5) is 5.69 Å². The van der Waals surface area contributed by atoms with Crippen molar-refractivity contribution in [3.05, 3.63) is 24.3 Å². The molecular weight excluding hydrogens is 481 g/mol. The number of phenolic OH excluding ortho intramolecular Hbond substituents is 1. The minimum absolute atomic E-state index is 0. The van der Waals surface area contributed by atoms with E-state index in [1.807, 2.05) is 18.2 Å². The van der Waals surface area contributed by atoms with Gasteiger partial charge >= 0.3 is 0 Å². The molecule has 1 heterocycles. The van der Waals surface area contributed by atoms with Gasteiger partial charge in [-0.3, -0.25) is 9.79 Å². The first-order valence-corrected chi connectivity index (χ1v) is 10.5. The number of phenols is 1. The van der Waals surface area contributed by atoms with Gasteiger partial charge in [-0.2, -0.15) is 0 Å². The Balaban J connectivity index is 0.00000300. The predicted molar refractivity (Wildman–Crippen MR) is 128 cm³/mol. The lowest BCUT2D eigenvalue weighted by atomic mass is 9.95. The number of carbonyl (C=O) groups is 1. The molecule has 0 aromatic heterocycles. The summed E-state index contributed by atoms with van der Waals surface area (Å²) in [4.78, 5) is 20.9. The molecule has 0 spiro atoms. The molecule has 0 unspecified atom stereocenters. The number of hydrogen-bond donors (Lipinski definition) is 3. The number of amides is 1. The first-order chi connectivity index (χ1) is 13.7. The second-order valence-corrected chi connectivity index (χ2v) is 7.59. The van der Waals surface area contributed by atoms with E-state index >= 15 is 0 Å². The Morgan fingerprint density at radius 3 is 2.48 bits per heavy atom. The average Bonchev–Trinajstić information content (AvgIpc) is 2.73. The topological polar surface area (TPSA) is 80.2 Å². The van der Waals surface area contributed by atoms with Gasteiger partial charge in [0, 0.05) is 52.2 Å². The number of para-hydroxylation sites is 2. The maximum atomic E-state index is 12.2. The first kappa shape index (κ1) is 23.6. The van der Waals surface area contributed by atoms with Crippen molar-refractivity contribution in [3.8, 4) is 5.75 Å². The van der Waals surface area contributed by atoms with Crippen molar-refractivity contribution in [2.45, 2.75) is 44.6 Å². The van der Waals surface area contributed by atoms with Gasteiger partial charge in [0.15, 0.2) is 5.96 Å². The largest absolute Gasteiger partial charge is 0.506 e. The number of aliphatic imine (C=N–C) groups is 1. The molecule has 29 heavy (non-hydrogen) atoms. The molecule has 0 radical (unpaired) electrons. The van der Waals surface area contributed by atoms with Crippen LogP contribution in [0, 0.1) is 0 Å². The lowest BCUT2D eigenvalue weighted by Gasteiger charge is -2.37. The highest BCUT2D eigenvalue weighted by atomic mass is 127. The van der Waals surface area contributed by atoms with Gasteiger partial charge in [0.05, 0.1) is 5.69 Å². The molecule has 1 amide bonds. The molecule has 0 atom stereocenters. The van der Waals surface area contributed by atoms with E-state index in [2.05, 4.69) is 25.4 Å². The van der Waals surface area contributed by atoms with Crippen LogP contribution in [-0.2, 0) is 4.79 Å². The summed E-state index contributed by atoms with van der Waals surface area (Å²) in [6.45, 7) is 3.87. The van der Waals surface area contributed by atoms with Gasteiger partial charge in [0.25, 0.3) is 0 Å². The Labute approximate surface area is 191 Å². The van der Waals surface area contributed by atoms with Crippen molar-refractivity contribution in [1.29, 1.82) is 0 Å². The molecule has 0 bridgehead atoms. The van der Waals surface area contributed by atoms with Crippen LogP contribution in [0.3, 0.4) is 0 Å². The van der Waals surface area contributed by atoms with E-state index in [-0.39, 0.29) is 29.9 Å². The molecule has 2 fully saturated rings. The molecule has 1 aromatic carbocycles. The van der Waals surface area contributed by atoms with Gasteiger partial charge in [-0.1, -0.05) is 31.4 Å². The fraction of sp³-hybridized carbons (Fsp3) is 0.619. The van der Waals surface area contributed by atoms with E-state index in [0.29, 0.717) is 24.8 Å². The van der Waals surface area contributed by atoms with Gasteiger partial charge < -0.3 is 25.5 Å². The van der Waals surface area contributed by atoms with Crippen LogP contribution in [0.25, 0.3) is 0 Å². The molecule has 2 aliphatic rings. The quantitative estimate of drug-likeness (QED) is 0.319. The SMILES string of the molecule is CN=C(NCCC(=O)NC1CCCCC1)N1CCN(c2ccccc2O)CC1.I. The van der Waals surface area contributed by atoms with Gasteiger partial charge in [-0.15, -0.1) is 24.0 Å². The number of halogens is 1. The number of rotatable bonds is 5. The summed E-state index contributed by atoms with van der Waals surface area (Å²) in [6, 6.07) is 7.82. The van der Waals surface area contributed by atoms with Gasteiger partial charge in [0.2, 0.25) is 5.91 Å². The summed E-state index contributed by atoms with van der Waals surface area (Å²) in [6.07, 6.45) is 6.43. The molecule has 8 heteroatoms. The van der Waals surface area contributed by atoms with Crippen molar-refractivity contribution in [2.24, 2.45) is 4.99 Å².